The summed E-state index contributed by atoms with van der Waals surface area (Å²) in [6.45, 7) is 9.52. The average molecular weight is 282 g/mol. The number of carbonyl (C=O) groups is 2. The zero-order chi connectivity index (χ0) is 14.9. The Bertz CT molecular complexity index is 414. The molecule has 4 atom stereocenters. The Labute approximate surface area is 119 Å². The summed E-state index contributed by atoms with van der Waals surface area (Å²) in [7, 11) is 0. The third-order valence-electron chi connectivity index (χ3n) is 3.80. The van der Waals surface area contributed by atoms with Crippen molar-refractivity contribution in [3.8, 4) is 0 Å². The van der Waals surface area contributed by atoms with Gasteiger partial charge >= 0.3 is 11.9 Å². The third-order valence-corrected chi connectivity index (χ3v) is 3.80. The van der Waals surface area contributed by atoms with Gasteiger partial charge < -0.3 is 14.2 Å². The molecule has 2 rings (SSSR count). The predicted molar refractivity (Wildman–Crippen MR) is 71.9 cm³/mol. The van der Waals surface area contributed by atoms with E-state index in [1.165, 1.54) is 0 Å². The van der Waals surface area contributed by atoms with E-state index in [9.17, 15) is 9.59 Å². The van der Waals surface area contributed by atoms with Crippen LogP contribution in [-0.2, 0) is 23.8 Å². The van der Waals surface area contributed by atoms with Crippen LogP contribution in [0.3, 0.4) is 0 Å². The van der Waals surface area contributed by atoms with Gasteiger partial charge in [-0.05, 0) is 27.2 Å². The van der Waals surface area contributed by atoms with E-state index in [-0.39, 0.29) is 30.0 Å². The van der Waals surface area contributed by atoms with Crippen LogP contribution in [0.2, 0.25) is 0 Å². The van der Waals surface area contributed by atoms with E-state index in [2.05, 4.69) is 6.58 Å². The SMILES string of the molecule is C=C(C)C(=O)OC1CC2C(=O)OCC2CC1OC(C)C. The molecule has 5 heteroatoms. The summed E-state index contributed by atoms with van der Waals surface area (Å²) < 4.78 is 16.4. The Morgan fingerprint density at radius 2 is 2.05 bits per heavy atom. The lowest BCUT2D eigenvalue weighted by Crippen LogP contribution is -2.44. The van der Waals surface area contributed by atoms with Crippen molar-refractivity contribution in [1.82, 2.24) is 0 Å². The molecule has 20 heavy (non-hydrogen) atoms. The van der Waals surface area contributed by atoms with Crippen molar-refractivity contribution >= 4 is 11.9 Å². The van der Waals surface area contributed by atoms with Gasteiger partial charge in [0.2, 0.25) is 0 Å². The number of rotatable bonds is 4. The number of carbonyl (C=O) groups excluding carboxylic acids is 2. The molecule has 0 bridgehead atoms. The molecule has 0 amide bonds. The molecule has 0 aromatic heterocycles. The normalized spacial score (nSPS) is 32.7. The molecule has 1 aliphatic carbocycles. The minimum Gasteiger partial charge on any atom is -0.465 e. The lowest BCUT2D eigenvalue weighted by Gasteiger charge is -2.36. The number of cyclic esters (lactones) is 1. The summed E-state index contributed by atoms with van der Waals surface area (Å²) in [5.74, 6) is -0.623. The summed E-state index contributed by atoms with van der Waals surface area (Å²) in [4.78, 5) is 23.4. The molecule has 2 aliphatic rings. The molecule has 5 nitrogen and oxygen atoms in total. The molecular weight excluding hydrogens is 260 g/mol. The number of hydrogen-bond donors (Lipinski definition) is 0. The molecule has 2 fully saturated rings. The van der Waals surface area contributed by atoms with Crippen molar-refractivity contribution in [2.75, 3.05) is 6.61 Å². The fraction of sp³-hybridized carbons (Fsp3) is 0.733. The first-order chi connectivity index (χ1) is 9.38. The van der Waals surface area contributed by atoms with Gasteiger partial charge in [-0.2, -0.15) is 0 Å². The molecular formula is C15H22O5. The van der Waals surface area contributed by atoms with Gasteiger partial charge in [-0.15, -0.1) is 0 Å². The molecule has 0 spiro atoms. The zero-order valence-electron chi connectivity index (χ0n) is 12.3. The standard InChI is InChI=1S/C15H22O5/c1-8(2)14(16)20-13-6-11-10(7-18-15(11)17)5-12(13)19-9(3)4/h9-13H,1,5-7H2,2-4H3. The van der Waals surface area contributed by atoms with Crippen molar-refractivity contribution in [3.05, 3.63) is 12.2 Å². The van der Waals surface area contributed by atoms with Crippen molar-refractivity contribution in [1.29, 1.82) is 0 Å². The van der Waals surface area contributed by atoms with Crippen LogP contribution >= 0.6 is 0 Å². The van der Waals surface area contributed by atoms with E-state index < -0.39 is 12.1 Å². The molecule has 1 heterocycles. The Morgan fingerprint density at radius 3 is 2.65 bits per heavy atom. The van der Waals surface area contributed by atoms with Crippen molar-refractivity contribution in [3.63, 3.8) is 0 Å². The van der Waals surface area contributed by atoms with Gasteiger partial charge in [-0.25, -0.2) is 4.79 Å². The van der Waals surface area contributed by atoms with Crippen LogP contribution in [-0.4, -0.2) is 36.9 Å². The second-order valence-electron chi connectivity index (χ2n) is 5.92. The highest BCUT2D eigenvalue weighted by Gasteiger charge is 2.47. The van der Waals surface area contributed by atoms with Gasteiger partial charge in [0.15, 0.2) is 0 Å². The van der Waals surface area contributed by atoms with Gasteiger partial charge in [0.05, 0.1) is 24.7 Å². The highest BCUT2D eigenvalue weighted by molar-refractivity contribution is 5.87. The summed E-state index contributed by atoms with van der Waals surface area (Å²) >= 11 is 0. The second kappa shape index (κ2) is 5.95. The first-order valence-electron chi connectivity index (χ1n) is 7.07. The maximum Gasteiger partial charge on any atom is 0.333 e. The lowest BCUT2D eigenvalue weighted by atomic mass is 9.78. The minimum absolute atomic E-state index is 0.0422. The summed E-state index contributed by atoms with van der Waals surface area (Å²) in [6.07, 6.45) is 0.603. The van der Waals surface area contributed by atoms with E-state index in [0.29, 0.717) is 25.0 Å². The predicted octanol–water partition coefficient (Wildman–Crippen LogP) is 1.85. The minimum atomic E-state index is -0.433. The van der Waals surface area contributed by atoms with E-state index in [4.69, 9.17) is 14.2 Å². The van der Waals surface area contributed by atoms with E-state index >= 15 is 0 Å². The van der Waals surface area contributed by atoms with Crippen LogP contribution in [0.1, 0.15) is 33.6 Å². The highest BCUT2D eigenvalue weighted by atomic mass is 16.6. The topological polar surface area (TPSA) is 61.8 Å². The van der Waals surface area contributed by atoms with Crippen molar-refractivity contribution in [2.45, 2.75) is 51.9 Å². The molecule has 0 N–H and O–H groups in total. The largest absolute Gasteiger partial charge is 0.465 e. The zero-order valence-corrected chi connectivity index (χ0v) is 12.3. The molecule has 1 saturated heterocycles. The third kappa shape index (κ3) is 3.20. The van der Waals surface area contributed by atoms with Crippen LogP contribution in [0.5, 0.6) is 0 Å². The van der Waals surface area contributed by atoms with Gasteiger partial charge in [0.25, 0.3) is 0 Å². The van der Waals surface area contributed by atoms with Crippen LogP contribution in [0.15, 0.2) is 12.2 Å². The lowest BCUT2D eigenvalue weighted by molar-refractivity contribution is -0.166. The van der Waals surface area contributed by atoms with Gasteiger partial charge in [-0.3, -0.25) is 4.79 Å². The molecule has 1 saturated carbocycles. The highest BCUT2D eigenvalue weighted by Crippen LogP contribution is 2.38. The number of fused-ring (bicyclic) bond motifs is 1. The Kier molecular flexibility index (Phi) is 4.48. The molecule has 4 unspecified atom stereocenters. The van der Waals surface area contributed by atoms with E-state index in [0.717, 1.165) is 0 Å². The van der Waals surface area contributed by atoms with Gasteiger partial charge in [0, 0.05) is 17.9 Å². The van der Waals surface area contributed by atoms with Crippen LogP contribution in [0, 0.1) is 11.8 Å². The fourth-order valence-corrected chi connectivity index (χ4v) is 2.83. The quantitative estimate of drug-likeness (QED) is 0.581. The average Bonchev–Trinajstić information content (AvgIpc) is 2.70. The molecule has 0 aromatic rings. The van der Waals surface area contributed by atoms with Crippen LogP contribution in [0.4, 0.5) is 0 Å². The van der Waals surface area contributed by atoms with Crippen molar-refractivity contribution < 1.29 is 23.8 Å². The van der Waals surface area contributed by atoms with Crippen molar-refractivity contribution in [2.24, 2.45) is 11.8 Å². The van der Waals surface area contributed by atoms with Gasteiger partial charge in [-0.1, -0.05) is 6.58 Å². The Morgan fingerprint density at radius 1 is 1.35 bits per heavy atom. The van der Waals surface area contributed by atoms with E-state index in [1.54, 1.807) is 6.92 Å². The number of esters is 2. The molecule has 0 aromatic carbocycles. The number of hydrogen-bond acceptors (Lipinski definition) is 5. The molecule has 1 aliphatic heterocycles. The maximum atomic E-state index is 11.7. The maximum absolute atomic E-state index is 11.7. The summed E-state index contributed by atoms with van der Waals surface area (Å²) in [5.41, 5.74) is 0.351. The monoisotopic (exact) mass is 282 g/mol. The Hall–Kier alpha value is -1.36. The second-order valence-corrected chi connectivity index (χ2v) is 5.92. The van der Waals surface area contributed by atoms with Gasteiger partial charge in [0.1, 0.15) is 6.10 Å². The summed E-state index contributed by atoms with van der Waals surface area (Å²) in [5, 5.41) is 0. The fourth-order valence-electron chi connectivity index (χ4n) is 2.83. The molecule has 0 radical (unpaired) electrons. The van der Waals surface area contributed by atoms with Crippen LogP contribution in [0.25, 0.3) is 0 Å². The van der Waals surface area contributed by atoms with Crippen LogP contribution < -0.4 is 0 Å². The molecule has 112 valence electrons. The summed E-state index contributed by atoms with van der Waals surface area (Å²) in [6, 6.07) is 0. The Balaban J connectivity index is 2.09. The number of ether oxygens (including phenoxy) is 3. The van der Waals surface area contributed by atoms with E-state index in [1.807, 2.05) is 13.8 Å². The first-order valence-corrected chi connectivity index (χ1v) is 7.07. The smallest absolute Gasteiger partial charge is 0.333 e. The first kappa shape index (κ1) is 15.0.